The molecule has 2 aromatic carbocycles. The second-order valence-electron chi connectivity index (χ2n) is 5.56. The number of benzene rings is 2. The smallest absolute Gasteiger partial charge is 0.207 e. The van der Waals surface area contributed by atoms with Gasteiger partial charge in [0.1, 0.15) is 0 Å². The van der Waals surface area contributed by atoms with Crippen LogP contribution in [0, 0.1) is 0 Å². The number of rotatable bonds is 7. The zero-order chi connectivity index (χ0) is 19.5. The Labute approximate surface area is 164 Å². The van der Waals surface area contributed by atoms with Crippen molar-refractivity contribution in [1.29, 1.82) is 0 Å². The van der Waals surface area contributed by atoms with Crippen molar-refractivity contribution < 1.29 is 16.8 Å². The molecule has 0 heterocycles. The summed E-state index contributed by atoms with van der Waals surface area (Å²) in [5.41, 5.74) is 0. The van der Waals surface area contributed by atoms with Crippen LogP contribution in [0.1, 0.15) is 0 Å². The standard InChI is InChI=1S/C16H18Cl2N2O4S2/c1-19(25(21,22)15-7-3-13(17)4-8-15)11-12-20(2)26(23,24)16-9-5-14(18)6-10-16/h3-10H,11-12H2,1-2H3. The van der Waals surface area contributed by atoms with Gasteiger partial charge in [-0.2, -0.15) is 8.61 Å². The first-order valence-electron chi connectivity index (χ1n) is 7.49. The minimum absolute atomic E-state index is 0.00568. The second-order valence-corrected chi connectivity index (χ2v) is 10.5. The number of sulfonamides is 2. The molecule has 0 bridgehead atoms. The van der Waals surface area contributed by atoms with Gasteiger partial charge in [-0.1, -0.05) is 23.2 Å². The summed E-state index contributed by atoms with van der Waals surface area (Å²) in [6.07, 6.45) is 0. The topological polar surface area (TPSA) is 74.8 Å². The van der Waals surface area contributed by atoms with Gasteiger partial charge in [0.05, 0.1) is 9.79 Å². The largest absolute Gasteiger partial charge is 0.242 e. The molecule has 2 rings (SSSR count). The molecule has 10 heteroatoms. The molecule has 0 aliphatic rings. The summed E-state index contributed by atoms with van der Waals surface area (Å²) in [7, 11) is -4.67. The van der Waals surface area contributed by atoms with E-state index in [-0.39, 0.29) is 22.9 Å². The van der Waals surface area contributed by atoms with E-state index in [0.29, 0.717) is 10.0 Å². The summed E-state index contributed by atoms with van der Waals surface area (Å²) < 4.78 is 52.3. The van der Waals surface area contributed by atoms with Crippen molar-refractivity contribution in [3.05, 3.63) is 58.6 Å². The highest BCUT2D eigenvalue weighted by atomic mass is 35.5. The molecular weight excluding hydrogens is 419 g/mol. The summed E-state index contributed by atoms with van der Waals surface area (Å²) in [4.78, 5) is 0.181. The Kier molecular flexibility index (Phi) is 6.70. The van der Waals surface area contributed by atoms with Crippen LogP contribution in [-0.4, -0.2) is 52.6 Å². The molecule has 0 radical (unpaired) electrons. The van der Waals surface area contributed by atoms with Crippen LogP contribution in [0.15, 0.2) is 58.3 Å². The number of halogens is 2. The van der Waals surface area contributed by atoms with E-state index in [0.717, 1.165) is 8.61 Å². The van der Waals surface area contributed by atoms with Crippen molar-refractivity contribution in [3.8, 4) is 0 Å². The zero-order valence-electron chi connectivity index (χ0n) is 14.1. The Balaban J connectivity index is 2.09. The van der Waals surface area contributed by atoms with Gasteiger partial charge in [0.25, 0.3) is 0 Å². The van der Waals surface area contributed by atoms with E-state index in [4.69, 9.17) is 23.2 Å². The number of nitrogens with zero attached hydrogens (tertiary/aromatic N) is 2. The average Bonchev–Trinajstić information content (AvgIpc) is 2.60. The normalized spacial score (nSPS) is 12.7. The first-order chi connectivity index (χ1) is 12.0. The van der Waals surface area contributed by atoms with Gasteiger partial charge in [-0.3, -0.25) is 0 Å². The first-order valence-corrected chi connectivity index (χ1v) is 11.1. The molecule has 0 saturated carbocycles. The van der Waals surface area contributed by atoms with E-state index < -0.39 is 20.0 Å². The number of hydrogen-bond acceptors (Lipinski definition) is 4. The molecule has 0 aromatic heterocycles. The van der Waals surface area contributed by atoms with E-state index >= 15 is 0 Å². The maximum absolute atomic E-state index is 12.5. The van der Waals surface area contributed by atoms with E-state index in [1.807, 2.05) is 0 Å². The molecule has 0 N–H and O–H groups in total. The lowest BCUT2D eigenvalue weighted by molar-refractivity contribution is 0.404. The van der Waals surface area contributed by atoms with Crippen LogP contribution in [-0.2, 0) is 20.0 Å². The predicted octanol–water partition coefficient (Wildman–Crippen LogP) is 2.93. The lowest BCUT2D eigenvalue weighted by Crippen LogP contribution is -2.37. The fourth-order valence-electron chi connectivity index (χ4n) is 2.10. The quantitative estimate of drug-likeness (QED) is 0.668. The van der Waals surface area contributed by atoms with Crippen LogP contribution >= 0.6 is 23.2 Å². The molecular formula is C16H18Cl2N2O4S2. The molecule has 0 saturated heterocycles. The van der Waals surface area contributed by atoms with Crippen LogP contribution in [0.4, 0.5) is 0 Å². The van der Waals surface area contributed by atoms with Crippen molar-refractivity contribution in [2.24, 2.45) is 0 Å². The van der Waals surface area contributed by atoms with E-state index in [2.05, 4.69) is 0 Å². The lowest BCUT2D eigenvalue weighted by atomic mass is 10.4. The van der Waals surface area contributed by atoms with Crippen molar-refractivity contribution in [2.45, 2.75) is 9.79 Å². The van der Waals surface area contributed by atoms with Gasteiger partial charge in [-0.05, 0) is 48.5 Å². The minimum Gasteiger partial charge on any atom is -0.207 e. The van der Waals surface area contributed by atoms with Crippen molar-refractivity contribution in [2.75, 3.05) is 27.2 Å². The number of hydrogen-bond donors (Lipinski definition) is 0. The Morgan fingerprint density at radius 1 is 0.654 bits per heavy atom. The maximum Gasteiger partial charge on any atom is 0.242 e. The highest BCUT2D eigenvalue weighted by Gasteiger charge is 2.24. The van der Waals surface area contributed by atoms with Gasteiger partial charge >= 0.3 is 0 Å². The van der Waals surface area contributed by atoms with Gasteiger partial charge in [0.2, 0.25) is 20.0 Å². The zero-order valence-corrected chi connectivity index (χ0v) is 17.3. The third-order valence-electron chi connectivity index (χ3n) is 3.77. The Morgan fingerprint density at radius 2 is 0.923 bits per heavy atom. The van der Waals surface area contributed by atoms with Crippen molar-refractivity contribution >= 4 is 43.2 Å². The van der Waals surface area contributed by atoms with Gasteiger partial charge in [-0.15, -0.1) is 0 Å². The summed E-state index contributed by atoms with van der Waals surface area (Å²) in [6.45, 7) is -0.0114. The summed E-state index contributed by atoms with van der Waals surface area (Å²) in [6, 6.07) is 11.6. The van der Waals surface area contributed by atoms with Gasteiger partial charge in [0.15, 0.2) is 0 Å². The lowest BCUT2D eigenvalue weighted by Gasteiger charge is -2.22. The molecule has 26 heavy (non-hydrogen) atoms. The van der Waals surface area contributed by atoms with Crippen molar-refractivity contribution in [1.82, 2.24) is 8.61 Å². The van der Waals surface area contributed by atoms with Crippen LogP contribution in [0.3, 0.4) is 0 Å². The van der Waals surface area contributed by atoms with E-state index in [1.165, 1.54) is 62.6 Å². The molecule has 142 valence electrons. The van der Waals surface area contributed by atoms with Gasteiger partial charge in [-0.25, -0.2) is 16.8 Å². The average molecular weight is 437 g/mol. The van der Waals surface area contributed by atoms with Crippen molar-refractivity contribution in [3.63, 3.8) is 0 Å². The summed E-state index contributed by atoms with van der Waals surface area (Å²) in [5, 5.41) is 0.862. The summed E-state index contributed by atoms with van der Waals surface area (Å²) >= 11 is 11.5. The monoisotopic (exact) mass is 436 g/mol. The molecule has 0 aliphatic carbocycles. The molecule has 0 spiro atoms. The third-order valence-corrected chi connectivity index (χ3v) is 8.02. The van der Waals surface area contributed by atoms with Gasteiger partial charge < -0.3 is 0 Å². The molecule has 0 atom stereocenters. The minimum atomic E-state index is -3.73. The van der Waals surface area contributed by atoms with Gasteiger partial charge in [0, 0.05) is 37.2 Å². The third kappa shape index (κ3) is 4.76. The molecule has 2 aromatic rings. The first kappa shape index (κ1) is 21.1. The maximum atomic E-state index is 12.5. The summed E-state index contributed by atoms with van der Waals surface area (Å²) in [5.74, 6) is 0. The molecule has 6 nitrogen and oxygen atoms in total. The van der Waals surface area contributed by atoms with Crippen LogP contribution in [0.2, 0.25) is 10.0 Å². The molecule has 0 aliphatic heterocycles. The van der Waals surface area contributed by atoms with E-state index in [1.54, 1.807) is 0 Å². The highest BCUT2D eigenvalue weighted by Crippen LogP contribution is 2.19. The second kappa shape index (κ2) is 8.24. The molecule has 0 fully saturated rings. The molecule has 0 unspecified atom stereocenters. The van der Waals surface area contributed by atoms with Crippen LogP contribution < -0.4 is 0 Å². The Bertz CT molecular complexity index is 879. The van der Waals surface area contributed by atoms with E-state index in [9.17, 15) is 16.8 Å². The Morgan fingerprint density at radius 3 is 1.19 bits per heavy atom. The SMILES string of the molecule is CN(CCN(C)S(=O)(=O)c1ccc(Cl)cc1)S(=O)(=O)c1ccc(Cl)cc1. The number of likely N-dealkylation sites (N-methyl/N-ethyl adjacent to an activating group) is 2. The fraction of sp³-hybridized carbons (Fsp3) is 0.250. The van der Waals surface area contributed by atoms with Crippen LogP contribution in [0.5, 0.6) is 0 Å². The fourth-order valence-corrected chi connectivity index (χ4v) is 4.67. The predicted molar refractivity (Wildman–Crippen MR) is 103 cm³/mol. The van der Waals surface area contributed by atoms with Crippen LogP contribution in [0.25, 0.3) is 0 Å². The Hall–Kier alpha value is -1.16. The molecule has 0 amide bonds. The highest BCUT2D eigenvalue weighted by molar-refractivity contribution is 7.89.